The van der Waals surface area contributed by atoms with Crippen LogP contribution in [0.15, 0.2) is 30.3 Å². The summed E-state index contributed by atoms with van der Waals surface area (Å²) in [5, 5.41) is 0. The number of nitrogens with one attached hydrogen (secondary N) is 1. The summed E-state index contributed by atoms with van der Waals surface area (Å²) < 4.78 is 44.7. The van der Waals surface area contributed by atoms with E-state index in [0.717, 1.165) is 5.56 Å². The highest BCUT2D eigenvalue weighted by Gasteiger charge is 2.27. The number of halogens is 2. The van der Waals surface area contributed by atoms with Crippen LogP contribution < -0.4 is 4.72 Å². The molecule has 2 unspecified atom stereocenters. The monoisotopic (exact) mass is 305 g/mol. The largest absolute Gasteiger partial charge is 0.375 e. The topological polar surface area (TPSA) is 38.3 Å². The maximum Gasteiger partial charge on any atom is 0.256 e. The zero-order valence-corrected chi connectivity index (χ0v) is 12.8. The third-order valence-electron chi connectivity index (χ3n) is 2.53. The maximum atomic E-state index is 12.9. The zero-order chi connectivity index (χ0) is 15.2. The van der Waals surface area contributed by atoms with Crippen molar-refractivity contribution in [1.82, 2.24) is 4.72 Å². The first-order valence-corrected chi connectivity index (χ1v) is 7.53. The highest BCUT2D eigenvalue weighted by atomic mass is 32.2. The summed E-state index contributed by atoms with van der Waals surface area (Å²) in [7, 11) is -1.55. The van der Waals surface area contributed by atoms with Gasteiger partial charge in [0.2, 0.25) is 0 Å². The lowest BCUT2D eigenvalue weighted by molar-refractivity contribution is 0.0339. The minimum absolute atomic E-state index is 0.186. The van der Waals surface area contributed by atoms with E-state index in [0.29, 0.717) is 0 Å². The van der Waals surface area contributed by atoms with Crippen molar-refractivity contribution in [3.05, 3.63) is 35.9 Å². The summed E-state index contributed by atoms with van der Waals surface area (Å²) in [6.45, 7) is 5.25. The minimum Gasteiger partial charge on any atom is -0.375 e. The molecule has 1 aromatic rings. The van der Waals surface area contributed by atoms with Gasteiger partial charge >= 0.3 is 0 Å². The number of alkyl halides is 2. The molecule has 0 aliphatic carbocycles. The summed E-state index contributed by atoms with van der Waals surface area (Å²) in [5.41, 5.74) is 0.914. The van der Waals surface area contributed by atoms with Gasteiger partial charge in [0.05, 0.1) is 28.9 Å². The first-order chi connectivity index (χ1) is 9.30. The Kier molecular flexibility index (Phi) is 6.71. The van der Waals surface area contributed by atoms with Crippen LogP contribution in [0.4, 0.5) is 8.78 Å². The number of hydrogen-bond acceptors (Lipinski definition) is 2. The van der Waals surface area contributed by atoms with Gasteiger partial charge in [-0.3, -0.25) is 0 Å². The molecule has 0 fully saturated rings. The van der Waals surface area contributed by atoms with E-state index >= 15 is 0 Å². The highest BCUT2D eigenvalue weighted by molar-refractivity contribution is 7.84. The number of ether oxygens (including phenoxy) is 1. The molecule has 0 radical (unpaired) electrons. The quantitative estimate of drug-likeness (QED) is 0.841. The maximum absolute atomic E-state index is 12.9. The second kappa shape index (κ2) is 7.81. The van der Waals surface area contributed by atoms with E-state index in [4.69, 9.17) is 4.74 Å². The van der Waals surface area contributed by atoms with Crippen molar-refractivity contribution in [2.45, 2.75) is 44.6 Å². The van der Waals surface area contributed by atoms with Gasteiger partial charge in [0.25, 0.3) is 6.43 Å². The molecule has 0 aliphatic rings. The van der Waals surface area contributed by atoms with E-state index < -0.39 is 28.2 Å². The predicted molar refractivity (Wildman–Crippen MR) is 76.9 cm³/mol. The van der Waals surface area contributed by atoms with E-state index in [2.05, 4.69) is 4.72 Å². The van der Waals surface area contributed by atoms with Gasteiger partial charge in [-0.2, -0.15) is 0 Å². The molecule has 1 rings (SSSR count). The molecule has 0 aromatic heterocycles. The third-order valence-corrected chi connectivity index (χ3v) is 4.16. The zero-order valence-electron chi connectivity index (χ0n) is 11.9. The van der Waals surface area contributed by atoms with E-state index in [9.17, 15) is 13.0 Å². The van der Waals surface area contributed by atoms with Crippen molar-refractivity contribution in [2.75, 3.05) is 6.61 Å². The molecule has 0 heterocycles. The average molecular weight is 305 g/mol. The summed E-state index contributed by atoms with van der Waals surface area (Å²) in [5.74, 6) is 0. The second-order valence-corrected chi connectivity index (χ2v) is 7.44. The van der Waals surface area contributed by atoms with Crippen LogP contribution in [0.2, 0.25) is 0 Å². The average Bonchev–Trinajstić information content (AvgIpc) is 2.37. The normalized spacial score (nSPS) is 15.3. The van der Waals surface area contributed by atoms with Crippen LogP contribution in [0.3, 0.4) is 0 Å². The van der Waals surface area contributed by atoms with Crippen molar-refractivity contribution in [3.8, 4) is 0 Å². The van der Waals surface area contributed by atoms with Gasteiger partial charge in [0.1, 0.15) is 6.04 Å². The molecule has 20 heavy (non-hydrogen) atoms. The summed E-state index contributed by atoms with van der Waals surface area (Å²) in [4.78, 5) is 0. The van der Waals surface area contributed by atoms with Crippen molar-refractivity contribution < 1.29 is 17.7 Å². The Bertz CT molecular complexity index is 421. The van der Waals surface area contributed by atoms with Crippen LogP contribution in [0.5, 0.6) is 0 Å². The molecule has 0 saturated heterocycles. The fraction of sp³-hybridized carbons (Fsp3) is 0.571. The van der Waals surface area contributed by atoms with E-state index in [1.165, 1.54) is 0 Å². The molecule has 0 amide bonds. The van der Waals surface area contributed by atoms with Crippen molar-refractivity contribution in [2.24, 2.45) is 0 Å². The Morgan fingerprint density at radius 2 is 1.85 bits per heavy atom. The lowest BCUT2D eigenvalue weighted by Crippen LogP contribution is -2.45. The van der Waals surface area contributed by atoms with Gasteiger partial charge < -0.3 is 4.74 Å². The van der Waals surface area contributed by atoms with Crippen LogP contribution in [0.1, 0.15) is 26.3 Å². The molecule has 0 aliphatic heterocycles. The van der Waals surface area contributed by atoms with Crippen LogP contribution in [0, 0.1) is 0 Å². The minimum atomic E-state index is -2.63. The number of benzene rings is 1. The fourth-order valence-electron chi connectivity index (χ4n) is 1.35. The van der Waals surface area contributed by atoms with Crippen LogP contribution in [-0.4, -0.2) is 28.0 Å². The van der Waals surface area contributed by atoms with Crippen LogP contribution in [-0.2, 0) is 22.3 Å². The molecular formula is C14H21F2NO2S. The molecule has 1 aromatic carbocycles. The Morgan fingerprint density at radius 3 is 2.35 bits per heavy atom. The Hall–Kier alpha value is -0.850. The first kappa shape index (κ1) is 17.2. The molecule has 1 N–H and O–H groups in total. The van der Waals surface area contributed by atoms with Gasteiger partial charge in [0.15, 0.2) is 0 Å². The molecule has 2 atom stereocenters. The van der Waals surface area contributed by atoms with E-state index in [-0.39, 0.29) is 13.2 Å². The molecule has 3 nitrogen and oxygen atoms in total. The molecular weight excluding hydrogens is 284 g/mol. The van der Waals surface area contributed by atoms with Crippen LogP contribution in [0.25, 0.3) is 0 Å². The van der Waals surface area contributed by atoms with Crippen molar-refractivity contribution in [1.29, 1.82) is 0 Å². The highest BCUT2D eigenvalue weighted by Crippen LogP contribution is 2.12. The first-order valence-electron chi connectivity index (χ1n) is 6.38. The van der Waals surface area contributed by atoms with Gasteiger partial charge in [-0.1, -0.05) is 30.3 Å². The SMILES string of the molecule is CC(C)(C)S(=O)NC(COCc1ccccc1)C(F)F. The van der Waals surface area contributed by atoms with Crippen LogP contribution >= 0.6 is 0 Å². The molecule has 0 saturated carbocycles. The van der Waals surface area contributed by atoms with Gasteiger partial charge in [0, 0.05) is 0 Å². The fourth-order valence-corrected chi connectivity index (χ4v) is 2.15. The lowest BCUT2D eigenvalue weighted by atomic mass is 10.2. The van der Waals surface area contributed by atoms with Crippen molar-refractivity contribution in [3.63, 3.8) is 0 Å². The second-order valence-electron chi connectivity index (χ2n) is 5.44. The van der Waals surface area contributed by atoms with Gasteiger partial charge in [-0.15, -0.1) is 0 Å². The Balaban J connectivity index is 2.46. The number of rotatable bonds is 7. The molecule has 0 spiro atoms. The lowest BCUT2D eigenvalue weighted by Gasteiger charge is -2.23. The van der Waals surface area contributed by atoms with E-state index in [1.54, 1.807) is 20.8 Å². The Labute approximate surface area is 121 Å². The Morgan fingerprint density at radius 1 is 1.25 bits per heavy atom. The summed E-state index contributed by atoms with van der Waals surface area (Å²) in [6.07, 6.45) is -2.63. The van der Waals surface area contributed by atoms with Gasteiger partial charge in [-0.05, 0) is 26.3 Å². The molecule has 114 valence electrons. The molecule has 0 bridgehead atoms. The van der Waals surface area contributed by atoms with Crippen molar-refractivity contribution >= 4 is 11.0 Å². The summed E-state index contributed by atoms with van der Waals surface area (Å²) >= 11 is 0. The number of hydrogen-bond donors (Lipinski definition) is 1. The standard InChI is InChI=1S/C14H21F2NO2S/c1-14(2,3)20(18)17-12(13(15)16)10-19-9-11-7-5-4-6-8-11/h4-8,12-13,17H,9-10H2,1-3H3. The smallest absolute Gasteiger partial charge is 0.256 e. The third kappa shape index (κ3) is 6.07. The van der Waals surface area contributed by atoms with Gasteiger partial charge in [-0.25, -0.2) is 17.7 Å². The van der Waals surface area contributed by atoms with E-state index in [1.807, 2.05) is 30.3 Å². The molecule has 6 heteroatoms. The predicted octanol–water partition coefficient (Wildman–Crippen LogP) is 2.89. The summed E-state index contributed by atoms with van der Waals surface area (Å²) in [6, 6.07) is 8.07.